The minimum absolute atomic E-state index is 0.528. The third kappa shape index (κ3) is 4.24. The van der Waals surface area contributed by atoms with Gasteiger partial charge in [0, 0.05) is 21.5 Å². The Morgan fingerprint density at radius 3 is 2.89 bits per heavy atom. The lowest BCUT2D eigenvalue weighted by atomic mass is 10.1. The molecule has 1 heterocycles. The monoisotopic (exact) mass is 341 g/mol. The maximum absolute atomic E-state index is 5.94. The van der Waals surface area contributed by atoms with Crippen LogP contribution < -0.4 is 5.73 Å². The quantitative estimate of drug-likeness (QED) is 0.659. The van der Waals surface area contributed by atoms with Gasteiger partial charge in [0.25, 0.3) is 0 Å². The van der Waals surface area contributed by atoms with Crippen molar-refractivity contribution in [3.8, 4) is 0 Å². The van der Waals surface area contributed by atoms with Gasteiger partial charge in [-0.2, -0.15) is 4.98 Å². The largest absolute Gasteiger partial charge is 0.398 e. The van der Waals surface area contributed by atoms with Crippen molar-refractivity contribution in [1.82, 2.24) is 10.1 Å². The Morgan fingerprint density at radius 1 is 1.42 bits per heavy atom. The van der Waals surface area contributed by atoms with Crippen molar-refractivity contribution in [2.45, 2.75) is 30.9 Å². The molecule has 0 aliphatic rings. The number of nitrogens with zero attached hydrogens (tertiary/aromatic N) is 2. The molecule has 0 spiro atoms. The molecule has 0 atom stereocenters. The summed E-state index contributed by atoms with van der Waals surface area (Å²) in [5.74, 6) is 2.58. The van der Waals surface area contributed by atoms with Gasteiger partial charge in [0.15, 0.2) is 5.82 Å². The number of anilines is 1. The number of benzene rings is 1. The highest BCUT2D eigenvalue weighted by Crippen LogP contribution is 2.29. The lowest BCUT2D eigenvalue weighted by Gasteiger charge is -2.03. The summed E-state index contributed by atoms with van der Waals surface area (Å²) < 4.78 is 6.20. The second-order valence-corrected chi connectivity index (χ2v) is 6.61. The molecule has 0 bridgehead atoms. The molecule has 0 amide bonds. The summed E-state index contributed by atoms with van der Waals surface area (Å²) >= 11 is 4.99. The Hall–Kier alpha value is -1.01. The molecule has 0 fully saturated rings. The zero-order chi connectivity index (χ0) is 13.8. The van der Waals surface area contributed by atoms with Gasteiger partial charge in [0.1, 0.15) is 0 Å². The third-order valence-corrected chi connectivity index (χ3v) is 3.99. The highest BCUT2D eigenvalue weighted by molar-refractivity contribution is 9.10. The van der Waals surface area contributed by atoms with E-state index in [1.807, 2.05) is 18.2 Å². The van der Waals surface area contributed by atoms with E-state index in [2.05, 4.69) is 39.9 Å². The zero-order valence-electron chi connectivity index (χ0n) is 10.9. The van der Waals surface area contributed by atoms with Crippen LogP contribution in [0.25, 0.3) is 0 Å². The molecule has 2 rings (SSSR count). The van der Waals surface area contributed by atoms with E-state index >= 15 is 0 Å². The van der Waals surface area contributed by atoms with Crippen LogP contribution in [0, 0.1) is 5.92 Å². The number of nitrogens with two attached hydrogens (primary N) is 1. The molecule has 2 aromatic rings. The Morgan fingerprint density at radius 2 is 2.21 bits per heavy atom. The second-order valence-electron chi connectivity index (χ2n) is 4.67. The van der Waals surface area contributed by atoms with Crippen LogP contribution in [0.3, 0.4) is 0 Å². The Kier molecular flexibility index (Phi) is 4.87. The molecule has 0 aliphatic heterocycles. The van der Waals surface area contributed by atoms with Crippen LogP contribution in [0.2, 0.25) is 0 Å². The average molecular weight is 342 g/mol. The van der Waals surface area contributed by atoms with Crippen molar-refractivity contribution in [1.29, 1.82) is 0 Å². The first-order chi connectivity index (χ1) is 9.04. The van der Waals surface area contributed by atoms with Gasteiger partial charge in [-0.25, -0.2) is 0 Å². The molecule has 4 nitrogen and oxygen atoms in total. The molecule has 0 saturated heterocycles. The predicted octanol–water partition coefficient (Wildman–Crippen LogP) is 3.91. The number of hydrogen-bond donors (Lipinski definition) is 1. The summed E-state index contributed by atoms with van der Waals surface area (Å²) in [6.45, 7) is 4.26. The van der Waals surface area contributed by atoms with E-state index in [1.165, 1.54) is 0 Å². The lowest BCUT2D eigenvalue weighted by Crippen LogP contribution is -1.96. The van der Waals surface area contributed by atoms with Crippen LogP contribution in [0.1, 0.15) is 25.6 Å². The molecular formula is C13H16BrN3OS. The fraction of sp³-hybridized carbons (Fsp3) is 0.385. The van der Waals surface area contributed by atoms with Gasteiger partial charge in [-0.1, -0.05) is 34.9 Å². The molecule has 2 N–H and O–H groups in total. The van der Waals surface area contributed by atoms with Gasteiger partial charge >= 0.3 is 0 Å². The van der Waals surface area contributed by atoms with Crippen LogP contribution in [0.5, 0.6) is 0 Å². The lowest BCUT2D eigenvalue weighted by molar-refractivity contribution is 0.382. The molecule has 0 aliphatic carbocycles. The molecule has 0 unspecified atom stereocenters. The van der Waals surface area contributed by atoms with E-state index < -0.39 is 0 Å². The fourth-order valence-electron chi connectivity index (χ4n) is 1.59. The van der Waals surface area contributed by atoms with Crippen molar-refractivity contribution < 1.29 is 4.52 Å². The number of rotatable bonds is 5. The normalized spacial score (nSPS) is 11.2. The van der Waals surface area contributed by atoms with E-state index in [0.29, 0.717) is 17.6 Å². The Labute approximate surface area is 125 Å². The van der Waals surface area contributed by atoms with Crippen molar-refractivity contribution in [2.75, 3.05) is 5.73 Å². The van der Waals surface area contributed by atoms with Crippen molar-refractivity contribution >= 4 is 33.4 Å². The Balaban J connectivity index is 1.96. The summed E-state index contributed by atoms with van der Waals surface area (Å²) in [7, 11) is 0. The Bertz CT molecular complexity index is 557. The van der Waals surface area contributed by atoms with Gasteiger partial charge in [-0.15, -0.1) is 11.8 Å². The third-order valence-electron chi connectivity index (χ3n) is 2.42. The van der Waals surface area contributed by atoms with E-state index in [-0.39, 0.29) is 0 Å². The van der Waals surface area contributed by atoms with Gasteiger partial charge in [-0.05, 0) is 24.1 Å². The smallest absolute Gasteiger partial charge is 0.237 e. The maximum Gasteiger partial charge on any atom is 0.237 e. The minimum atomic E-state index is 0.528. The molecule has 0 radical (unpaired) electrons. The highest BCUT2D eigenvalue weighted by atomic mass is 79.9. The molecule has 6 heteroatoms. The summed E-state index contributed by atoms with van der Waals surface area (Å²) in [6.07, 6.45) is 0.842. The number of hydrogen-bond acceptors (Lipinski definition) is 5. The topological polar surface area (TPSA) is 64.9 Å². The van der Waals surface area contributed by atoms with E-state index in [0.717, 1.165) is 27.3 Å². The standard InChI is InChI=1S/C13H16BrN3OS/c1-8(2)5-12-16-13(18-17-12)7-19-11-4-3-9(14)6-10(11)15/h3-4,6,8H,5,7,15H2,1-2H3. The number of nitrogen functional groups attached to an aromatic ring is 1. The van der Waals surface area contributed by atoms with Crippen LogP contribution >= 0.6 is 27.7 Å². The molecule has 1 aromatic heterocycles. The molecule has 1 aromatic carbocycles. The van der Waals surface area contributed by atoms with E-state index in [1.54, 1.807) is 11.8 Å². The summed E-state index contributed by atoms with van der Waals surface area (Å²) in [4.78, 5) is 5.38. The van der Waals surface area contributed by atoms with Gasteiger partial charge in [0.2, 0.25) is 5.89 Å². The minimum Gasteiger partial charge on any atom is -0.398 e. The van der Waals surface area contributed by atoms with E-state index in [9.17, 15) is 0 Å². The summed E-state index contributed by atoms with van der Waals surface area (Å²) in [5, 5.41) is 3.97. The molecule has 0 saturated carbocycles. The van der Waals surface area contributed by atoms with Gasteiger partial charge in [0.05, 0.1) is 5.75 Å². The summed E-state index contributed by atoms with van der Waals surface area (Å²) in [5.41, 5.74) is 6.69. The summed E-state index contributed by atoms with van der Waals surface area (Å²) in [6, 6.07) is 5.84. The average Bonchev–Trinajstić information content (AvgIpc) is 2.74. The number of halogens is 1. The van der Waals surface area contributed by atoms with Crippen LogP contribution in [0.15, 0.2) is 32.1 Å². The molecule has 102 valence electrons. The van der Waals surface area contributed by atoms with Crippen LogP contribution in [-0.2, 0) is 12.2 Å². The van der Waals surface area contributed by atoms with E-state index in [4.69, 9.17) is 10.3 Å². The maximum atomic E-state index is 5.94. The number of thioether (sulfide) groups is 1. The fourth-order valence-corrected chi connectivity index (χ4v) is 2.75. The van der Waals surface area contributed by atoms with Crippen LogP contribution in [0.4, 0.5) is 5.69 Å². The van der Waals surface area contributed by atoms with Crippen molar-refractivity contribution in [3.63, 3.8) is 0 Å². The highest BCUT2D eigenvalue weighted by Gasteiger charge is 2.09. The first-order valence-electron chi connectivity index (χ1n) is 6.04. The molecular weight excluding hydrogens is 326 g/mol. The first-order valence-corrected chi connectivity index (χ1v) is 7.81. The second kappa shape index (κ2) is 6.43. The molecule has 19 heavy (non-hydrogen) atoms. The number of aromatic nitrogens is 2. The van der Waals surface area contributed by atoms with Gasteiger partial charge < -0.3 is 10.3 Å². The van der Waals surface area contributed by atoms with Crippen molar-refractivity contribution in [2.24, 2.45) is 5.92 Å². The van der Waals surface area contributed by atoms with Crippen molar-refractivity contribution in [3.05, 3.63) is 34.4 Å². The van der Waals surface area contributed by atoms with Gasteiger partial charge in [-0.3, -0.25) is 0 Å². The predicted molar refractivity (Wildman–Crippen MR) is 81.0 cm³/mol. The zero-order valence-corrected chi connectivity index (χ0v) is 13.3. The SMILES string of the molecule is CC(C)Cc1noc(CSc2ccc(Br)cc2N)n1. The first kappa shape index (κ1) is 14.4. The van der Waals surface area contributed by atoms with Crippen LogP contribution in [-0.4, -0.2) is 10.1 Å².